The minimum atomic E-state index is -0.205. The fourth-order valence-corrected chi connectivity index (χ4v) is 2.02. The van der Waals surface area contributed by atoms with E-state index < -0.39 is 0 Å². The zero-order valence-electron chi connectivity index (χ0n) is 12.3. The lowest BCUT2D eigenvalue weighted by Crippen LogP contribution is -2.14. The Hall–Kier alpha value is -2.96. The summed E-state index contributed by atoms with van der Waals surface area (Å²) in [7, 11) is 1.77. The summed E-state index contributed by atoms with van der Waals surface area (Å²) in [5.74, 6) is 0.106. The Kier molecular flexibility index (Phi) is 3.69. The van der Waals surface area contributed by atoms with Crippen LogP contribution in [0.5, 0.6) is 0 Å². The fraction of sp³-hybridized carbons (Fsp3) is 0.200. The van der Waals surface area contributed by atoms with Crippen molar-refractivity contribution in [3.8, 4) is 11.6 Å². The van der Waals surface area contributed by atoms with Crippen LogP contribution in [-0.2, 0) is 18.3 Å². The van der Waals surface area contributed by atoms with Gasteiger partial charge in [0.25, 0.3) is 5.89 Å². The first kappa shape index (κ1) is 14.0. The minimum absolute atomic E-state index is 0.0771. The number of amides is 1. The van der Waals surface area contributed by atoms with Crippen molar-refractivity contribution in [2.45, 2.75) is 13.3 Å². The second-order valence-corrected chi connectivity index (χ2v) is 4.96. The molecule has 2 heterocycles. The normalized spacial score (nSPS) is 10.6. The van der Waals surface area contributed by atoms with Crippen LogP contribution < -0.4 is 5.32 Å². The van der Waals surface area contributed by atoms with Gasteiger partial charge < -0.3 is 4.42 Å². The maximum atomic E-state index is 12.0. The van der Waals surface area contributed by atoms with Crippen molar-refractivity contribution in [1.82, 2.24) is 20.0 Å². The topological polar surface area (TPSA) is 85.8 Å². The van der Waals surface area contributed by atoms with E-state index in [1.165, 1.54) is 0 Å². The summed E-state index contributed by atoms with van der Waals surface area (Å²) in [6, 6.07) is 9.61. The number of hydrogen-bond acceptors (Lipinski definition) is 5. The zero-order valence-corrected chi connectivity index (χ0v) is 12.3. The Morgan fingerprint density at radius 1 is 1.23 bits per heavy atom. The van der Waals surface area contributed by atoms with E-state index in [1.54, 1.807) is 24.0 Å². The minimum Gasteiger partial charge on any atom is -0.401 e. The molecule has 1 aromatic carbocycles. The number of benzene rings is 1. The number of carbonyl (C=O) groups excluding carboxylic acids is 1. The highest BCUT2D eigenvalue weighted by Gasteiger charge is 2.13. The molecular formula is C15H15N5O2. The van der Waals surface area contributed by atoms with Gasteiger partial charge in [0.1, 0.15) is 5.69 Å². The van der Waals surface area contributed by atoms with Crippen LogP contribution >= 0.6 is 0 Å². The molecule has 0 aliphatic carbocycles. The van der Waals surface area contributed by atoms with Crippen LogP contribution in [0, 0.1) is 6.92 Å². The number of anilines is 1. The van der Waals surface area contributed by atoms with Gasteiger partial charge in [-0.25, -0.2) is 0 Å². The van der Waals surface area contributed by atoms with Gasteiger partial charge in [0.15, 0.2) is 0 Å². The van der Waals surface area contributed by atoms with Gasteiger partial charge in [-0.1, -0.05) is 34.9 Å². The van der Waals surface area contributed by atoms with Crippen molar-refractivity contribution in [3.63, 3.8) is 0 Å². The molecule has 1 N–H and O–H groups in total. The predicted molar refractivity (Wildman–Crippen MR) is 80.0 cm³/mol. The predicted octanol–water partition coefficient (Wildman–Crippen LogP) is 1.96. The molecule has 0 aliphatic rings. The third-order valence-corrected chi connectivity index (χ3v) is 3.20. The molecule has 0 spiro atoms. The lowest BCUT2D eigenvalue weighted by molar-refractivity contribution is -0.115. The molecule has 0 saturated heterocycles. The number of aryl methyl sites for hydroxylation is 2. The van der Waals surface area contributed by atoms with Crippen LogP contribution in [0.4, 0.5) is 6.01 Å². The Morgan fingerprint density at radius 3 is 2.68 bits per heavy atom. The van der Waals surface area contributed by atoms with Gasteiger partial charge in [0.2, 0.25) is 5.91 Å². The maximum absolute atomic E-state index is 12.0. The van der Waals surface area contributed by atoms with Gasteiger partial charge >= 0.3 is 6.01 Å². The third-order valence-electron chi connectivity index (χ3n) is 3.20. The number of nitrogens with zero attached hydrogens (tertiary/aromatic N) is 4. The van der Waals surface area contributed by atoms with Crippen molar-refractivity contribution in [2.24, 2.45) is 7.05 Å². The lowest BCUT2D eigenvalue weighted by atomic mass is 10.1. The summed E-state index contributed by atoms with van der Waals surface area (Å²) in [5, 5.41) is 14.3. The van der Waals surface area contributed by atoms with E-state index in [2.05, 4.69) is 20.6 Å². The van der Waals surface area contributed by atoms with Crippen molar-refractivity contribution >= 4 is 11.9 Å². The van der Waals surface area contributed by atoms with Crippen molar-refractivity contribution < 1.29 is 9.21 Å². The molecule has 7 heteroatoms. The number of rotatable bonds is 4. The van der Waals surface area contributed by atoms with Crippen LogP contribution in [0.2, 0.25) is 0 Å². The van der Waals surface area contributed by atoms with Gasteiger partial charge in [0.05, 0.1) is 6.42 Å². The molecule has 2 aromatic heterocycles. The van der Waals surface area contributed by atoms with Gasteiger partial charge in [-0.05, 0) is 18.6 Å². The average molecular weight is 297 g/mol. The molecule has 0 radical (unpaired) electrons. The SMILES string of the molecule is Cc1ccc(CC(=O)Nc2nnc(-c3ccnn3C)o2)cc1. The number of hydrogen-bond donors (Lipinski definition) is 1. The highest BCUT2D eigenvalue weighted by Crippen LogP contribution is 2.18. The molecule has 0 saturated carbocycles. The van der Waals surface area contributed by atoms with Crippen LogP contribution in [0.3, 0.4) is 0 Å². The second kappa shape index (κ2) is 5.80. The molecule has 112 valence electrons. The molecule has 0 atom stereocenters. The molecule has 0 bridgehead atoms. The summed E-state index contributed by atoms with van der Waals surface area (Å²) in [5.41, 5.74) is 2.77. The quantitative estimate of drug-likeness (QED) is 0.795. The fourth-order valence-electron chi connectivity index (χ4n) is 2.02. The number of carbonyl (C=O) groups is 1. The summed E-state index contributed by atoms with van der Waals surface area (Å²) >= 11 is 0. The average Bonchev–Trinajstić information content (AvgIpc) is 3.10. The van der Waals surface area contributed by atoms with Crippen LogP contribution in [0.15, 0.2) is 40.9 Å². The molecule has 22 heavy (non-hydrogen) atoms. The van der Waals surface area contributed by atoms with E-state index in [1.807, 2.05) is 31.2 Å². The first-order valence-corrected chi connectivity index (χ1v) is 6.79. The van der Waals surface area contributed by atoms with Crippen LogP contribution in [-0.4, -0.2) is 25.9 Å². The molecule has 0 fully saturated rings. The molecule has 7 nitrogen and oxygen atoms in total. The van der Waals surface area contributed by atoms with Crippen molar-refractivity contribution in [3.05, 3.63) is 47.7 Å². The standard InChI is InChI=1S/C15H15N5O2/c1-10-3-5-11(6-4-10)9-13(21)17-15-19-18-14(22-15)12-7-8-16-20(12)2/h3-8H,9H2,1-2H3,(H,17,19,21). The molecule has 3 aromatic rings. The van der Waals surface area contributed by atoms with Crippen molar-refractivity contribution in [1.29, 1.82) is 0 Å². The highest BCUT2D eigenvalue weighted by molar-refractivity contribution is 5.90. The van der Waals surface area contributed by atoms with E-state index in [4.69, 9.17) is 4.42 Å². The van der Waals surface area contributed by atoms with Crippen molar-refractivity contribution in [2.75, 3.05) is 5.32 Å². The summed E-state index contributed by atoms with van der Waals surface area (Å²) in [6.45, 7) is 2.00. The van der Waals surface area contributed by atoms with E-state index in [0.29, 0.717) is 11.6 Å². The first-order chi connectivity index (χ1) is 10.6. The van der Waals surface area contributed by atoms with E-state index in [0.717, 1.165) is 11.1 Å². The van der Waals surface area contributed by atoms with Gasteiger partial charge in [-0.3, -0.25) is 14.8 Å². The first-order valence-electron chi connectivity index (χ1n) is 6.79. The lowest BCUT2D eigenvalue weighted by Gasteiger charge is -2.01. The number of nitrogens with one attached hydrogen (secondary N) is 1. The van der Waals surface area contributed by atoms with Gasteiger partial charge in [-0.15, -0.1) is 5.10 Å². The molecule has 0 unspecified atom stereocenters. The largest absolute Gasteiger partial charge is 0.401 e. The second-order valence-electron chi connectivity index (χ2n) is 4.96. The Labute approximate surface area is 127 Å². The van der Waals surface area contributed by atoms with E-state index >= 15 is 0 Å². The maximum Gasteiger partial charge on any atom is 0.322 e. The van der Waals surface area contributed by atoms with Crippen LogP contribution in [0.1, 0.15) is 11.1 Å². The zero-order chi connectivity index (χ0) is 15.5. The molecule has 3 rings (SSSR count). The molecule has 1 amide bonds. The number of aromatic nitrogens is 4. The van der Waals surface area contributed by atoms with E-state index in [-0.39, 0.29) is 18.3 Å². The summed E-state index contributed by atoms with van der Waals surface area (Å²) < 4.78 is 7.04. The van der Waals surface area contributed by atoms with E-state index in [9.17, 15) is 4.79 Å². The Balaban J connectivity index is 1.66. The monoisotopic (exact) mass is 297 g/mol. The Bertz CT molecular complexity index is 788. The highest BCUT2D eigenvalue weighted by atomic mass is 16.4. The van der Waals surface area contributed by atoms with Gasteiger partial charge in [0, 0.05) is 13.2 Å². The molecule has 0 aliphatic heterocycles. The summed E-state index contributed by atoms with van der Waals surface area (Å²) in [4.78, 5) is 12.0. The van der Waals surface area contributed by atoms with Gasteiger partial charge in [-0.2, -0.15) is 5.10 Å². The summed E-state index contributed by atoms with van der Waals surface area (Å²) in [6.07, 6.45) is 1.89. The van der Waals surface area contributed by atoms with Crippen LogP contribution in [0.25, 0.3) is 11.6 Å². The smallest absolute Gasteiger partial charge is 0.322 e. The third kappa shape index (κ3) is 3.03. The Morgan fingerprint density at radius 2 is 2.00 bits per heavy atom. The molecular weight excluding hydrogens is 282 g/mol.